The van der Waals surface area contributed by atoms with Crippen LogP contribution in [0, 0.1) is 5.82 Å². The molecular weight excluding hydrogens is 341 g/mol. The van der Waals surface area contributed by atoms with Crippen molar-refractivity contribution in [2.24, 2.45) is 5.73 Å². The first-order valence-corrected chi connectivity index (χ1v) is 7.16. The molecule has 0 heterocycles. The van der Waals surface area contributed by atoms with E-state index in [1.807, 2.05) is 24.3 Å². The maximum atomic E-state index is 13.4. The Morgan fingerprint density at radius 2 is 1.90 bits per heavy atom. The van der Waals surface area contributed by atoms with Crippen LogP contribution in [0.5, 0.6) is 0 Å². The van der Waals surface area contributed by atoms with Gasteiger partial charge >= 0.3 is 0 Å². The Hall–Kier alpha value is -1.30. The molecule has 0 bridgehead atoms. The van der Waals surface area contributed by atoms with Gasteiger partial charge in [0.05, 0.1) is 13.2 Å². The number of nitrogens with two attached hydrogens (primary N) is 1. The standard InChI is InChI=1S/C15H13BrFNOS/c16-13-3-1-2-10(5-13)8-19-9-11-4-12(15(18)20)7-14(17)6-11/h1-7H,8-9H2,(H2,18,20). The predicted octanol–water partition coefficient (Wildman–Crippen LogP) is 3.94. The van der Waals surface area contributed by atoms with Crippen LogP contribution in [-0.2, 0) is 18.0 Å². The van der Waals surface area contributed by atoms with Gasteiger partial charge in [-0.15, -0.1) is 0 Å². The topological polar surface area (TPSA) is 35.2 Å². The molecule has 0 unspecified atom stereocenters. The van der Waals surface area contributed by atoms with Crippen molar-refractivity contribution in [1.29, 1.82) is 0 Å². The molecule has 0 atom stereocenters. The van der Waals surface area contributed by atoms with Crippen molar-refractivity contribution in [2.75, 3.05) is 0 Å². The second-order valence-electron chi connectivity index (χ2n) is 4.34. The Morgan fingerprint density at radius 1 is 1.15 bits per heavy atom. The van der Waals surface area contributed by atoms with E-state index in [0.29, 0.717) is 24.3 Å². The Labute approximate surface area is 130 Å². The lowest BCUT2D eigenvalue weighted by molar-refractivity contribution is 0.107. The number of hydrogen-bond acceptors (Lipinski definition) is 2. The summed E-state index contributed by atoms with van der Waals surface area (Å²) in [6.45, 7) is 0.762. The average Bonchev–Trinajstić information content (AvgIpc) is 2.38. The summed E-state index contributed by atoms with van der Waals surface area (Å²) in [5.74, 6) is -0.364. The van der Waals surface area contributed by atoms with Crippen molar-refractivity contribution in [3.8, 4) is 0 Å². The molecule has 0 fully saturated rings. The molecule has 0 saturated heterocycles. The van der Waals surface area contributed by atoms with Crippen LogP contribution in [0.15, 0.2) is 46.9 Å². The van der Waals surface area contributed by atoms with Crippen LogP contribution >= 0.6 is 28.1 Å². The maximum absolute atomic E-state index is 13.4. The molecule has 0 radical (unpaired) electrons. The summed E-state index contributed by atoms with van der Waals surface area (Å²) in [7, 11) is 0. The zero-order valence-electron chi connectivity index (χ0n) is 10.6. The van der Waals surface area contributed by atoms with Gasteiger partial charge in [0.1, 0.15) is 10.8 Å². The monoisotopic (exact) mass is 353 g/mol. The SMILES string of the molecule is NC(=S)c1cc(F)cc(COCc2cccc(Br)c2)c1. The summed E-state index contributed by atoms with van der Waals surface area (Å²) < 4.78 is 20.0. The van der Waals surface area contributed by atoms with Crippen LogP contribution in [0.25, 0.3) is 0 Å². The van der Waals surface area contributed by atoms with E-state index in [1.165, 1.54) is 12.1 Å². The lowest BCUT2D eigenvalue weighted by Gasteiger charge is -2.07. The van der Waals surface area contributed by atoms with E-state index in [0.717, 1.165) is 10.0 Å². The Balaban J connectivity index is 1.99. The third-order valence-corrected chi connectivity index (χ3v) is 3.40. The van der Waals surface area contributed by atoms with Crippen molar-refractivity contribution >= 4 is 33.1 Å². The van der Waals surface area contributed by atoms with Crippen LogP contribution in [0.3, 0.4) is 0 Å². The van der Waals surface area contributed by atoms with E-state index in [1.54, 1.807) is 6.07 Å². The van der Waals surface area contributed by atoms with E-state index in [2.05, 4.69) is 15.9 Å². The molecule has 0 aliphatic heterocycles. The molecule has 2 aromatic rings. The summed E-state index contributed by atoms with van der Waals surface area (Å²) in [5, 5.41) is 0. The summed E-state index contributed by atoms with van der Waals surface area (Å²) >= 11 is 8.25. The molecule has 0 amide bonds. The zero-order chi connectivity index (χ0) is 14.5. The third-order valence-electron chi connectivity index (χ3n) is 2.67. The zero-order valence-corrected chi connectivity index (χ0v) is 13.0. The van der Waals surface area contributed by atoms with Gasteiger partial charge in [-0.25, -0.2) is 4.39 Å². The first kappa shape index (κ1) is 15.1. The summed E-state index contributed by atoms with van der Waals surface area (Å²) in [4.78, 5) is 0.178. The van der Waals surface area contributed by atoms with Crippen molar-refractivity contribution in [1.82, 2.24) is 0 Å². The van der Waals surface area contributed by atoms with E-state index in [9.17, 15) is 4.39 Å². The fraction of sp³-hybridized carbons (Fsp3) is 0.133. The highest BCUT2D eigenvalue weighted by Gasteiger charge is 2.04. The van der Waals surface area contributed by atoms with E-state index in [4.69, 9.17) is 22.7 Å². The molecule has 0 aliphatic carbocycles. The number of halogens is 2. The number of rotatable bonds is 5. The Morgan fingerprint density at radius 3 is 2.60 bits per heavy atom. The van der Waals surface area contributed by atoms with Crippen LogP contribution in [-0.4, -0.2) is 4.99 Å². The molecule has 0 aromatic heterocycles. The summed E-state index contributed by atoms with van der Waals surface area (Å²) in [6.07, 6.45) is 0. The van der Waals surface area contributed by atoms with Crippen LogP contribution in [0.1, 0.15) is 16.7 Å². The Kier molecular flexibility index (Phi) is 5.23. The van der Waals surface area contributed by atoms with E-state index < -0.39 is 0 Å². The van der Waals surface area contributed by atoms with Crippen LogP contribution in [0.2, 0.25) is 0 Å². The van der Waals surface area contributed by atoms with E-state index in [-0.39, 0.29) is 10.8 Å². The highest BCUT2D eigenvalue weighted by molar-refractivity contribution is 9.10. The molecule has 20 heavy (non-hydrogen) atoms. The van der Waals surface area contributed by atoms with Gasteiger partial charge in [0.2, 0.25) is 0 Å². The quantitative estimate of drug-likeness (QED) is 0.826. The van der Waals surface area contributed by atoms with Gasteiger partial charge in [0.15, 0.2) is 0 Å². The molecule has 2 aromatic carbocycles. The number of thiocarbonyl (C=S) groups is 1. The molecule has 0 spiro atoms. The summed E-state index contributed by atoms with van der Waals surface area (Å²) in [5.41, 5.74) is 7.78. The minimum atomic E-state index is -0.364. The van der Waals surface area contributed by atoms with Gasteiger partial charge < -0.3 is 10.5 Å². The Bertz CT molecular complexity index is 633. The number of benzene rings is 2. The van der Waals surface area contributed by atoms with Crippen molar-refractivity contribution < 1.29 is 9.13 Å². The molecule has 2 rings (SSSR count). The molecule has 0 saturated carbocycles. The van der Waals surface area contributed by atoms with Gasteiger partial charge in [0.25, 0.3) is 0 Å². The molecule has 2 N–H and O–H groups in total. The van der Waals surface area contributed by atoms with Gasteiger partial charge in [-0.2, -0.15) is 0 Å². The fourth-order valence-electron chi connectivity index (χ4n) is 1.79. The summed E-state index contributed by atoms with van der Waals surface area (Å²) in [6, 6.07) is 12.3. The minimum absolute atomic E-state index is 0.178. The highest BCUT2D eigenvalue weighted by Crippen LogP contribution is 2.14. The van der Waals surface area contributed by atoms with Crippen molar-refractivity contribution in [2.45, 2.75) is 13.2 Å². The van der Waals surface area contributed by atoms with Crippen LogP contribution < -0.4 is 5.73 Å². The van der Waals surface area contributed by atoms with E-state index >= 15 is 0 Å². The largest absolute Gasteiger partial charge is 0.389 e. The lowest BCUT2D eigenvalue weighted by atomic mass is 10.1. The molecule has 2 nitrogen and oxygen atoms in total. The number of hydrogen-bond donors (Lipinski definition) is 1. The number of ether oxygens (including phenoxy) is 1. The smallest absolute Gasteiger partial charge is 0.124 e. The first-order valence-electron chi connectivity index (χ1n) is 5.96. The normalized spacial score (nSPS) is 10.5. The van der Waals surface area contributed by atoms with Crippen molar-refractivity contribution in [3.63, 3.8) is 0 Å². The van der Waals surface area contributed by atoms with Crippen molar-refractivity contribution in [3.05, 3.63) is 69.4 Å². The van der Waals surface area contributed by atoms with Gasteiger partial charge in [0, 0.05) is 10.0 Å². The lowest BCUT2D eigenvalue weighted by Crippen LogP contribution is -2.10. The van der Waals surface area contributed by atoms with Crippen LogP contribution in [0.4, 0.5) is 4.39 Å². The maximum Gasteiger partial charge on any atom is 0.124 e. The highest BCUT2D eigenvalue weighted by atomic mass is 79.9. The fourth-order valence-corrected chi connectivity index (χ4v) is 2.35. The minimum Gasteiger partial charge on any atom is -0.389 e. The third kappa shape index (κ3) is 4.37. The molecule has 104 valence electrons. The first-order chi connectivity index (χ1) is 9.54. The van der Waals surface area contributed by atoms with Gasteiger partial charge in [-0.05, 0) is 41.5 Å². The molecule has 0 aliphatic rings. The second kappa shape index (κ2) is 6.92. The van der Waals surface area contributed by atoms with Gasteiger partial charge in [-0.1, -0.05) is 40.3 Å². The molecular formula is C15H13BrFNOS. The second-order valence-corrected chi connectivity index (χ2v) is 5.69. The average molecular weight is 354 g/mol. The molecule has 5 heteroatoms. The predicted molar refractivity (Wildman–Crippen MR) is 84.9 cm³/mol. The van der Waals surface area contributed by atoms with Gasteiger partial charge in [-0.3, -0.25) is 0 Å².